The predicted molar refractivity (Wildman–Crippen MR) is 67.1 cm³/mol. The highest BCUT2D eigenvalue weighted by molar-refractivity contribution is 5.42. The minimum Gasteiger partial charge on any atom is -0.308 e. The third-order valence-corrected chi connectivity index (χ3v) is 2.60. The lowest BCUT2D eigenvalue weighted by Gasteiger charge is -2.09. The van der Waals surface area contributed by atoms with Crippen molar-refractivity contribution in [1.29, 1.82) is 0 Å². The number of rotatable bonds is 3. The first kappa shape index (κ1) is 12.1. The summed E-state index contributed by atoms with van der Waals surface area (Å²) >= 11 is 0. The molecule has 2 rings (SSSR count). The Morgan fingerprint density at radius 3 is 2.89 bits per heavy atom. The number of hydrogen-bond acceptors (Lipinski definition) is 5. The SMILES string of the molecule is Cn1ccc(=O)n(Cc2cccnc2NN)c1=O. The Bertz CT molecular complexity index is 674. The van der Waals surface area contributed by atoms with E-state index in [2.05, 4.69) is 10.4 Å². The zero-order valence-electron chi connectivity index (χ0n) is 9.83. The van der Waals surface area contributed by atoms with Gasteiger partial charge in [-0.2, -0.15) is 0 Å². The number of pyridine rings is 1. The maximum absolute atomic E-state index is 11.8. The topological polar surface area (TPSA) is 94.9 Å². The molecule has 7 heteroatoms. The third-order valence-electron chi connectivity index (χ3n) is 2.60. The second kappa shape index (κ2) is 4.84. The highest BCUT2D eigenvalue weighted by atomic mass is 16.2. The van der Waals surface area contributed by atoms with Crippen molar-refractivity contribution >= 4 is 5.82 Å². The minimum atomic E-state index is -0.380. The van der Waals surface area contributed by atoms with Crippen molar-refractivity contribution in [3.05, 3.63) is 57.0 Å². The number of nitrogens with zero attached hydrogens (tertiary/aromatic N) is 3. The highest BCUT2D eigenvalue weighted by Crippen LogP contribution is 2.09. The largest absolute Gasteiger partial charge is 0.331 e. The quantitative estimate of drug-likeness (QED) is 0.551. The van der Waals surface area contributed by atoms with E-state index < -0.39 is 0 Å². The fourth-order valence-electron chi connectivity index (χ4n) is 1.63. The number of nitrogen functional groups attached to an aromatic ring is 1. The van der Waals surface area contributed by atoms with Crippen LogP contribution >= 0.6 is 0 Å². The van der Waals surface area contributed by atoms with Gasteiger partial charge in [0, 0.05) is 31.1 Å². The molecule has 0 unspecified atom stereocenters. The average molecular weight is 247 g/mol. The molecule has 0 atom stereocenters. The van der Waals surface area contributed by atoms with Crippen molar-refractivity contribution in [3.8, 4) is 0 Å². The van der Waals surface area contributed by atoms with Gasteiger partial charge in [0.1, 0.15) is 5.82 Å². The van der Waals surface area contributed by atoms with E-state index >= 15 is 0 Å². The summed E-state index contributed by atoms with van der Waals surface area (Å²) in [6.07, 6.45) is 3.01. The van der Waals surface area contributed by atoms with Crippen LogP contribution in [0.5, 0.6) is 0 Å². The molecule has 0 saturated heterocycles. The number of aromatic nitrogens is 3. The van der Waals surface area contributed by atoms with Crippen molar-refractivity contribution in [2.24, 2.45) is 12.9 Å². The van der Waals surface area contributed by atoms with Crippen LogP contribution in [0.4, 0.5) is 5.82 Å². The minimum absolute atomic E-state index is 0.125. The molecule has 0 aliphatic rings. The van der Waals surface area contributed by atoms with Crippen LogP contribution in [0.3, 0.4) is 0 Å². The molecule has 2 heterocycles. The fourth-order valence-corrected chi connectivity index (χ4v) is 1.63. The van der Waals surface area contributed by atoms with Crippen LogP contribution in [0, 0.1) is 0 Å². The van der Waals surface area contributed by atoms with Crippen LogP contribution in [0.2, 0.25) is 0 Å². The van der Waals surface area contributed by atoms with Crippen LogP contribution in [-0.2, 0) is 13.6 Å². The molecule has 0 saturated carbocycles. The van der Waals surface area contributed by atoms with Crippen molar-refractivity contribution in [2.75, 3.05) is 5.43 Å². The molecule has 0 spiro atoms. The third kappa shape index (κ3) is 2.16. The van der Waals surface area contributed by atoms with Gasteiger partial charge in [0.05, 0.1) is 6.54 Å². The monoisotopic (exact) mass is 247 g/mol. The number of hydrogen-bond donors (Lipinski definition) is 2. The molecule has 0 fully saturated rings. The van der Waals surface area contributed by atoms with Gasteiger partial charge < -0.3 is 9.99 Å². The summed E-state index contributed by atoms with van der Waals surface area (Å²) in [4.78, 5) is 27.5. The molecule has 0 bridgehead atoms. The first-order valence-electron chi connectivity index (χ1n) is 5.30. The fraction of sp³-hybridized carbons (Fsp3) is 0.182. The molecular weight excluding hydrogens is 234 g/mol. The maximum atomic E-state index is 11.8. The standard InChI is InChI=1S/C11H13N5O2/c1-15-6-4-9(17)16(11(15)18)7-8-3-2-5-13-10(8)14-12/h2-6H,7,12H2,1H3,(H,13,14). The average Bonchev–Trinajstić information content (AvgIpc) is 2.39. The van der Waals surface area contributed by atoms with Gasteiger partial charge in [-0.05, 0) is 6.07 Å². The Morgan fingerprint density at radius 2 is 2.17 bits per heavy atom. The molecule has 0 radical (unpaired) electrons. The van der Waals surface area contributed by atoms with E-state index in [-0.39, 0.29) is 17.8 Å². The van der Waals surface area contributed by atoms with Gasteiger partial charge in [0.25, 0.3) is 5.56 Å². The summed E-state index contributed by atoms with van der Waals surface area (Å²) < 4.78 is 2.46. The van der Waals surface area contributed by atoms with Crippen molar-refractivity contribution < 1.29 is 0 Å². The van der Waals surface area contributed by atoms with Crippen molar-refractivity contribution in [1.82, 2.24) is 14.1 Å². The summed E-state index contributed by atoms with van der Waals surface area (Å²) in [7, 11) is 1.59. The number of aryl methyl sites for hydroxylation is 1. The zero-order valence-corrected chi connectivity index (χ0v) is 9.83. The van der Waals surface area contributed by atoms with Gasteiger partial charge in [-0.3, -0.25) is 9.36 Å². The van der Waals surface area contributed by atoms with Crippen molar-refractivity contribution in [2.45, 2.75) is 6.54 Å². The Balaban J connectivity index is 2.50. The van der Waals surface area contributed by atoms with Gasteiger partial charge in [-0.25, -0.2) is 15.6 Å². The lowest BCUT2D eigenvalue weighted by atomic mass is 10.2. The number of nitrogens with one attached hydrogen (secondary N) is 1. The molecule has 7 nitrogen and oxygen atoms in total. The van der Waals surface area contributed by atoms with E-state index in [1.807, 2.05) is 0 Å². The van der Waals surface area contributed by atoms with E-state index in [0.717, 1.165) is 4.57 Å². The molecule has 0 amide bonds. The Morgan fingerprint density at radius 1 is 1.39 bits per heavy atom. The Labute approximate surface area is 102 Å². The Hall–Kier alpha value is -2.41. The molecule has 0 aliphatic carbocycles. The molecule has 3 N–H and O–H groups in total. The highest BCUT2D eigenvalue weighted by Gasteiger charge is 2.07. The van der Waals surface area contributed by atoms with E-state index in [1.54, 1.807) is 25.4 Å². The van der Waals surface area contributed by atoms with E-state index in [1.165, 1.54) is 16.8 Å². The molecular formula is C11H13N5O2. The van der Waals surface area contributed by atoms with E-state index in [9.17, 15) is 9.59 Å². The smallest absolute Gasteiger partial charge is 0.308 e. The van der Waals surface area contributed by atoms with Gasteiger partial charge >= 0.3 is 5.69 Å². The summed E-state index contributed by atoms with van der Waals surface area (Å²) in [5.41, 5.74) is 2.37. The summed E-state index contributed by atoms with van der Waals surface area (Å²) in [6.45, 7) is 0.125. The van der Waals surface area contributed by atoms with Crippen LogP contribution in [-0.4, -0.2) is 14.1 Å². The molecule has 2 aromatic rings. The van der Waals surface area contributed by atoms with Crippen molar-refractivity contribution in [3.63, 3.8) is 0 Å². The molecule has 0 aromatic carbocycles. The first-order valence-corrected chi connectivity index (χ1v) is 5.30. The molecule has 18 heavy (non-hydrogen) atoms. The zero-order chi connectivity index (χ0) is 13.1. The number of hydrazine groups is 1. The molecule has 0 aliphatic heterocycles. The summed E-state index contributed by atoms with van der Waals surface area (Å²) in [6, 6.07) is 4.81. The first-order chi connectivity index (χ1) is 8.63. The maximum Gasteiger partial charge on any atom is 0.331 e. The van der Waals surface area contributed by atoms with Crippen LogP contribution in [0.15, 0.2) is 40.2 Å². The Kier molecular flexibility index (Phi) is 3.24. The van der Waals surface area contributed by atoms with Gasteiger partial charge in [-0.1, -0.05) is 6.07 Å². The normalized spacial score (nSPS) is 10.3. The van der Waals surface area contributed by atoms with Crippen LogP contribution in [0.1, 0.15) is 5.56 Å². The molecule has 2 aromatic heterocycles. The van der Waals surface area contributed by atoms with E-state index in [4.69, 9.17) is 5.84 Å². The van der Waals surface area contributed by atoms with Gasteiger partial charge in [-0.15, -0.1) is 0 Å². The second-order valence-electron chi connectivity index (χ2n) is 3.79. The van der Waals surface area contributed by atoms with Gasteiger partial charge in [0.2, 0.25) is 0 Å². The molecule has 94 valence electrons. The second-order valence-corrected chi connectivity index (χ2v) is 3.79. The lowest BCUT2D eigenvalue weighted by molar-refractivity contribution is 0.639. The number of anilines is 1. The van der Waals surface area contributed by atoms with Gasteiger partial charge in [0.15, 0.2) is 0 Å². The van der Waals surface area contributed by atoms with Crippen LogP contribution < -0.4 is 22.5 Å². The number of nitrogens with two attached hydrogens (primary N) is 1. The predicted octanol–water partition coefficient (Wildman–Crippen LogP) is -0.724. The van der Waals surface area contributed by atoms with E-state index in [0.29, 0.717) is 11.4 Å². The van der Waals surface area contributed by atoms with Crippen LogP contribution in [0.25, 0.3) is 0 Å². The summed E-state index contributed by atoms with van der Waals surface area (Å²) in [5, 5.41) is 0. The summed E-state index contributed by atoms with van der Waals surface area (Å²) in [5.74, 6) is 5.77. The lowest BCUT2D eigenvalue weighted by Crippen LogP contribution is -2.38.